The molecule has 0 aliphatic rings. The van der Waals surface area contributed by atoms with E-state index in [4.69, 9.17) is 11.6 Å². The lowest BCUT2D eigenvalue weighted by Gasteiger charge is -2.10. The molecule has 0 radical (unpaired) electrons. The van der Waals surface area contributed by atoms with Gasteiger partial charge in [-0.1, -0.05) is 17.7 Å². The van der Waals surface area contributed by atoms with E-state index in [-0.39, 0.29) is 5.69 Å². The molecule has 6 nitrogen and oxygen atoms in total. The fourth-order valence-corrected chi connectivity index (χ4v) is 2.44. The Morgan fingerprint density at radius 1 is 1.30 bits per heavy atom. The number of fused-ring (bicyclic) bond motifs is 1. The fourth-order valence-electron chi connectivity index (χ4n) is 2.26. The van der Waals surface area contributed by atoms with E-state index < -0.39 is 11.3 Å². The third-order valence-electron chi connectivity index (χ3n) is 3.34. The van der Waals surface area contributed by atoms with Crippen LogP contribution in [0, 0.1) is 0 Å². The second kappa shape index (κ2) is 6.18. The lowest BCUT2D eigenvalue weighted by Crippen LogP contribution is -2.27. The number of halogens is 1. The van der Waals surface area contributed by atoms with Crippen LogP contribution in [0.1, 0.15) is 17.4 Å². The van der Waals surface area contributed by atoms with Crippen molar-refractivity contribution in [3.8, 4) is 0 Å². The summed E-state index contributed by atoms with van der Waals surface area (Å²) in [6.07, 6.45) is 1.55. The summed E-state index contributed by atoms with van der Waals surface area (Å²) in [6.45, 7) is 2.40. The van der Waals surface area contributed by atoms with Crippen molar-refractivity contribution in [3.63, 3.8) is 0 Å². The molecule has 1 N–H and O–H groups in total. The van der Waals surface area contributed by atoms with E-state index in [0.717, 1.165) is 0 Å². The number of benzene rings is 1. The number of aromatic nitrogens is 3. The number of carbonyl (C=O) groups excluding carboxylic acids is 1. The number of hydrogen-bond donors (Lipinski definition) is 1. The van der Waals surface area contributed by atoms with Crippen LogP contribution in [0.2, 0.25) is 5.02 Å². The molecular weight excluding hydrogens is 316 g/mol. The maximum atomic E-state index is 12.6. The van der Waals surface area contributed by atoms with Crippen LogP contribution in [0.3, 0.4) is 0 Å². The average molecular weight is 329 g/mol. The van der Waals surface area contributed by atoms with Gasteiger partial charge in [-0.05, 0) is 37.3 Å². The standard InChI is InChI=1S/C16H13ClN4O2/c1-2-21-12-7-6-10(17)9-11(12)15(22)14(20-21)16(23)19-13-5-3-4-8-18-13/h3-9H,2H2,1H3,(H,18,19,23). The van der Waals surface area contributed by atoms with Gasteiger partial charge in [-0.25, -0.2) is 4.98 Å². The molecule has 116 valence electrons. The monoisotopic (exact) mass is 328 g/mol. The molecular formula is C16H13ClN4O2. The molecule has 2 heterocycles. The molecule has 0 atom stereocenters. The highest BCUT2D eigenvalue weighted by molar-refractivity contribution is 6.31. The molecule has 1 aromatic carbocycles. The summed E-state index contributed by atoms with van der Waals surface area (Å²) in [6, 6.07) is 10.1. The van der Waals surface area contributed by atoms with Crippen molar-refractivity contribution in [2.45, 2.75) is 13.5 Å². The summed E-state index contributed by atoms with van der Waals surface area (Å²) in [4.78, 5) is 28.9. The average Bonchev–Trinajstić information content (AvgIpc) is 2.56. The van der Waals surface area contributed by atoms with Crippen LogP contribution < -0.4 is 10.7 Å². The summed E-state index contributed by atoms with van der Waals surface area (Å²) in [5.74, 6) is -0.245. The van der Waals surface area contributed by atoms with Gasteiger partial charge in [0.2, 0.25) is 5.43 Å². The van der Waals surface area contributed by atoms with E-state index in [0.29, 0.717) is 28.3 Å². The molecule has 3 aromatic rings. The number of aryl methyl sites for hydroxylation is 1. The van der Waals surface area contributed by atoms with Crippen LogP contribution in [0.15, 0.2) is 47.4 Å². The Balaban J connectivity index is 2.12. The number of carbonyl (C=O) groups is 1. The van der Waals surface area contributed by atoms with Gasteiger partial charge in [-0.2, -0.15) is 5.10 Å². The Labute approximate surface area is 136 Å². The van der Waals surface area contributed by atoms with Gasteiger partial charge in [0.15, 0.2) is 5.69 Å². The minimum absolute atomic E-state index is 0.188. The second-order valence-electron chi connectivity index (χ2n) is 4.82. The second-order valence-corrected chi connectivity index (χ2v) is 5.26. The smallest absolute Gasteiger partial charge is 0.281 e. The Hall–Kier alpha value is -2.73. The fraction of sp³-hybridized carbons (Fsp3) is 0.125. The van der Waals surface area contributed by atoms with Crippen LogP contribution in [-0.2, 0) is 6.54 Å². The number of pyridine rings is 1. The molecule has 0 unspecified atom stereocenters. The molecule has 0 spiro atoms. The number of nitrogens with zero attached hydrogens (tertiary/aromatic N) is 3. The van der Waals surface area contributed by atoms with Crippen molar-refractivity contribution >= 4 is 34.2 Å². The topological polar surface area (TPSA) is 76.9 Å². The normalized spacial score (nSPS) is 10.7. The van der Waals surface area contributed by atoms with Gasteiger partial charge in [-0.3, -0.25) is 14.3 Å². The Kier molecular flexibility index (Phi) is 4.08. The molecule has 2 aromatic heterocycles. The van der Waals surface area contributed by atoms with Gasteiger partial charge in [0.25, 0.3) is 5.91 Å². The van der Waals surface area contributed by atoms with Crippen molar-refractivity contribution in [2.24, 2.45) is 0 Å². The third kappa shape index (κ3) is 2.93. The van der Waals surface area contributed by atoms with E-state index in [1.54, 1.807) is 47.3 Å². The zero-order valence-electron chi connectivity index (χ0n) is 12.3. The minimum atomic E-state index is -0.599. The summed E-state index contributed by atoms with van der Waals surface area (Å²) >= 11 is 5.97. The quantitative estimate of drug-likeness (QED) is 0.802. The summed E-state index contributed by atoms with van der Waals surface area (Å²) in [5, 5.41) is 7.53. The van der Waals surface area contributed by atoms with E-state index in [1.807, 2.05) is 6.92 Å². The van der Waals surface area contributed by atoms with Gasteiger partial charge in [-0.15, -0.1) is 0 Å². The number of hydrogen-bond acceptors (Lipinski definition) is 4. The van der Waals surface area contributed by atoms with E-state index in [2.05, 4.69) is 15.4 Å². The van der Waals surface area contributed by atoms with E-state index in [9.17, 15) is 9.59 Å². The molecule has 0 fully saturated rings. The molecule has 7 heteroatoms. The van der Waals surface area contributed by atoms with Crippen LogP contribution >= 0.6 is 11.6 Å². The highest BCUT2D eigenvalue weighted by Gasteiger charge is 2.17. The Morgan fingerprint density at radius 3 is 2.83 bits per heavy atom. The van der Waals surface area contributed by atoms with Gasteiger partial charge in [0.1, 0.15) is 5.82 Å². The minimum Gasteiger partial charge on any atom is -0.305 e. The molecule has 0 aliphatic carbocycles. The summed E-state index contributed by atoms with van der Waals surface area (Å²) in [7, 11) is 0. The SMILES string of the molecule is CCn1nc(C(=O)Nc2ccccn2)c(=O)c2cc(Cl)ccc21. The van der Waals surface area contributed by atoms with Gasteiger partial charge < -0.3 is 5.32 Å². The first-order valence-electron chi connectivity index (χ1n) is 7.03. The zero-order valence-corrected chi connectivity index (χ0v) is 13.0. The molecule has 0 bridgehead atoms. The predicted molar refractivity (Wildman–Crippen MR) is 88.9 cm³/mol. The number of rotatable bonds is 3. The summed E-state index contributed by atoms with van der Waals surface area (Å²) < 4.78 is 1.60. The van der Waals surface area contributed by atoms with Crippen molar-refractivity contribution in [2.75, 3.05) is 5.32 Å². The van der Waals surface area contributed by atoms with Gasteiger partial charge >= 0.3 is 0 Å². The lowest BCUT2D eigenvalue weighted by atomic mass is 10.2. The van der Waals surface area contributed by atoms with E-state index >= 15 is 0 Å². The van der Waals surface area contributed by atoms with Crippen molar-refractivity contribution < 1.29 is 4.79 Å². The van der Waals surface area contributed by atoms with Crippen LogP contribution in [0.5, 0.6) is 0 Å². The molecule has 0 saturated heterocycles. The number of amides is 1. The maximum absolute atomic E-state index is 12.6. The lowest BCUT2D eigenvalue weighted by molar-refractivity contribution is 0.101. The first-order chi connectivity index (χ1) is 11.1. The molecule has 1 amide bonds. The first-order valence-corrected chi connectivity index (χ1v) is 7.40. The highest BCUT2D eigenvalue weighted by atomic mass is 35.5. The number of nitrogens with one attached hydrogen (secondary N) is 1. The molecule has 0 aliphatic heterocycles. The molecule has 3 rings (SSSR count). The Morgan fingerprint density at radius 2 is 2.13 bits per heavy atom. The van der Waals surface area contributed by atoms with Crippen LogP contribution in [0.4, 0.5) is 5.82 Å². The summed E-state index contributed by atoms with van der Waals surface area (Å²) in [5.41, 5.74) is -0.0100. The maximum Gasteiger partial charge on any atom is 0.281 e. The Bertz CT molecular complexity index is 938. The van der Waals surface area contributed by atoms with Gasteiger partial charge in [0, 0.05) is 17.8 Å². The predicted octanol–water partition coefficient (Wildman–Crippen LogP) is 2.72. The third-order valence-corrected chi connectivity index (χ3v) is 3.57. The van der Waals surface area contributed by atoms with Crippen molar-refractivity contribution in [1.82, 2.24) is 14.8 Å². The molecule has 23 heavy (non-hydrogen) atoms. The highest BCUT2D eigenvalue weighted by Crippen LogP contribution is 2.16. The van der Waals surface area contributed by atoms with Crippen molar-refractivity contribution in [3.05, 3.63) is 63.5 Å². The number of anilines is 1. The van der Waals surface area contributed by atoms with E-state index in [1.165, 1.54) is 0 Å². The first kappa shape index (κ1) is 15.2. The van der Waals surface area contributed by atoms with Crippen LogP contribution in [0.25, 0.3) is 10.9 Å². The molecule has 0 saturated carbocycles. The van der Waals surface area contributed by atoms with Gasteiger partial charge in [0.05, 0.1) is 10.9 Å². The van der Waals surface area contributed by atoms with Crippen molar-refractivity contribution in [1.29, 1.82) is 0 Å². The largest absolute Gasteiger partial charge is 0.305 e. The zero-order chi connectivity index (χ0) is 16.4. The van der Waals surface area contributed by atoms with Crippen LogP contribution in [-0.4, -0.2) is 20.7 Å².